The molecule has 0 aliphatic carbocycles. The van der Waals surface area contributed by atoms with E-state index in [4.69, 9.17) is 24.3 Å². The van der Waals surface area contributed by atoms with Crippen molar-refractivity contribution in [1.82, 2.24) is 0 Å². The van der Waals surface area contributed by atoms with Gasteiger partial charge in [0.1, 0.15) is 12.7 Å². The fourth-order valence-corrected chi connectivity index (χ4v) is 2.43. The molecule has 0 amide bonds. The fraction of sp³-hybridized carbons (Fsp3) is 0.875. The molecule has 0 unspecified atom stereocenters. The predicted molar refractivity (Wildman–Crippen MR) is 67.4 cm³/mol. The quantitative estimate of drug-likeness (QED) is 0.310. The monoisotopic (exact) mass is 336 g/mol. The molecule has 20 heavy (non-hydrogen) atoms. The maximum atomic E-state index is 10.6. The summed E-state index contributed by atoms with van der Waals surface area (Å²) in [7, 11) is -8.58. The summed E-state index contributed by atoms with van der Waals surface area (Å²) in [5.41, 5.74) is 0. The molecule has 0 radical (unpaired) electrons. The number of hydrogen-bond acceptors (Lipinski definition) is 8. The van der Waals surface area contributed by atoms with Crippen LogP contribution >= 0.6 is 15.4 Å². The molecule has 120 valence electrons. The molecule has 1 aliphatic heterocycles. The first-order valence-corrected chi connectivity index (χ1v) is 8.79. The topological polar surface area (TPSA) is 166 Å². The third-order valence-corrected chi connectivity index (χ3v) is 3.87. The first kappa shape index (κ1) is 18.2. The average molecular weight is 336 g/mol. The Kier molecular flexibility index (Phi) is 5.57. The number of rotatable bonds is 6. The Morgan fingerprint density at radius 2 is 1.85 bits per heavy atom. The van der Waals surface area contributed by atoms with Gasteiger partial charge in [0.05, 0.1) is 12.7 Å². The van der Waals surface area contributed by atoms with Crippen molar-refractivity contribution in [3.8, 4) is 0 Å². The van der Waals surface area contributed by atoms with Crippen molar-refractivity contribution in [1.29, 1.82) is 0 Å². The molecule has 0 saturated carbocycles. The standard InChI is InChI=1S/C8H18O10P2/c1-5-7(9)6(3-16-20(13,14)15)18-8(5,10)4-17-19(2,11)12/h5-7,9-12H,2-4H2,1H3,(H2,13,14,15)/t5-,6+,7-,8+/m0/s1. The number of hydrogen-bond donors (Lipinski definition) is 6. The first-order valence-electron chi connectivity index (χ1n) is 5.46. The minimum Gasteiger partial charge on any atom is -0.390 e. The van der Waals surface area contributed by atoms with Crippen molar-refractivity contribution in [3.05, 3.63) is 0 Å². The van der Waals surface area contributed by atoms with Crippen molar-refractivity contribution in [3.63, 3.8) is 0 Å². The Labute approximate surface area is 115 Å². The van der Waals surface area contributed by atoms with Gasteiger partial charge in [0.25, 0.3) is 0 Å². The minimum atomic E-state index is -4.74. The molecule has 0 aromatic carbocycles. The molecule has 4 atom stereocenters. The number of ether oxygens (including phenoxy) is 1. The SMILES string of the molecule is C=P(O)(O)OC[C@@]1(O)O[C@H](COP(=O)(O)O)[C@@H](O)[C@@H]1C. The van der Waals surface area contributed by atoms with E-state index < -0.39 is 52.5 Å². The number of phosphoric ester groups is 1. The van der Waals surface area contributed by atoms with Gasteiger partial charge in [-0.25, -0.2) is 4.57 Å². The van der Waals surface area contributed by atoms with Gasteiger partial charge in [0, 0.05) is 5.92 Å². The lowest BCUT2D eigenvalue weighted by Gasteiger charge is -2.27. The Morgan fingerprint density at radius 3 is 2.30 bits per heavy atom. The van der Waals surface area contributed by atoms with E-state index in [1.54, 1.807) is 0 Å². The summed E-state index contributed by atoms with van der Waals surface area (Å²) in [6, 6.07) is 0. The van der Waals surface area contributed by atoms with Crippen molar-refractivity contribution in [2.24, 2.45) is 5.92 Å². The van der Waals surface area contributed by atoms with Gasteiger partial charge in [-0.2, -0.15) is 0 Å². The largest absolute Gasteiger partial charge is 0.469 e. The lowest BCUT2D eigenvalue weighted by molar-refractivity contribution is -0.229. The van der Waals surface area contributed by atoms with Crippen molar-refractivity contribution >= 4 is 21.7 Å². The highest BCUT2D eigenvalue weighted by Crippen LogP contribution is 2.43. The van der Waals surface area contributed by atoms with Crippen LogP contribution in [0.15, 0.2) is 0 Å². The van der Waals surface area contributed by atoms with Gasteiger partial charge in [0.15, 0.2) is 5.79 Å². The van der Waals surface area contributed by atoms with Gasteiger partial charge >= 0.3 is 7.82 Å². The van der Waals surface area contributed by atoms with E-state index in [1.165, 1.54) is 6.92 Å². The first-order chi connectivity index (χ1) is 8.84. The van der Waals surface area contributed by atoms with E-state index >= 15 is 0 Å². The van der Waals surface area contributed by atoms with Crippen LogP contribution in [0.5, 0.6) is 0 Å². The van der Waals surface area contributed by atoms with Gasteiger partial charge in [-0.1, -0.05) is 6.92 Å². The molecule has 1 rings (SSSR count). The van der Waals surface area contributed by atoms with E-state index in [-0.39, 0.29) is 0 Å². The molecule has 1 saturated heterocycles. The van der Waals surface area contributed by atoms with Crippen molar-refractivity contribution in [2.45, 2.75) is 24.9 Å². The summed E-state index contributed by atoms with van der Waals surface area (Å²) in [5.74, 6) is -2.98. The third kappa shape index (κ3) is 5.18. The Balaban J connectivity index is 2.67. The van der Waals surface area contributed by atoms with Crippen LogP contribution in [0.4, 0.5) is 0 Å². The zero-order chi connectivity index (χ0) is 15.8. The second kappa shape index (κ2) is 6.12. The molecule has 0 aromatic rings. The zero-order valence-corrected chi connectivity index (χ0v) is 12.4. The predicted octanol–water partition coefficient (Wildman–Crippen LogP) is -1.62. The number of aliphatic hydroxyl groups is 2. The second-order valence-corrected chi connectivity index (χ2v) is 7.33. The van der Waals surface area contributed by atoms with Gasteiger partial charge in [-0.05, 0) is 6.30 Å². The molecule has 10 nitrogen and oxygen atoms in total. The van der Waals surface area contributed by atoms with Crippen LogP contribution in [0.25, 0.3) is 0 Å². The Bertz CT molecular complexity index is 429. The van der Waals surface area contributed by atoms with E-state index in [2.05, 4.69) is 15.3 Å². The van der Waals surface area contributed by atoms with Crippen LogP contribution < -0.4 is 0 Å². The van der Waals surface area contributed by atoms with E-state index in [0.29, 0.717) is 0 Å². The van der Waals surface area contributed by atoms with Crippen LogP contribution in [0.2, 0.25) is 0 Å². The van der Waals surface area contributed by atoms with Crippen LogP contribution in [-0.4, -0.2) is 67.3 Å². The zero-order valence-electron chi connectivity index (χ0n) is 10.6. The lowest BCUT2D eigenvalue weighted by atomic mass is 9.96. The van der Waals surface area contributed by atoms with Gasteiger partial charge in [-0.3, -0.25) is 4.52 Å². The number of phosphoric acid groups is 1. The third-order valence-electron chi connectivity index (χ3n) is 2.85. The summed E-state index contributed by atoms with van der Waals surface area (Å²) in [6.45, 7) is 0.0619. The molecule has 0 aromatic heterocycles. The highest BCUT2D eigenvalue weighted by Gasteiger charge is 2.52. The minimum absolute atomic E-state index is 0.652. The van der Waals surface area contributed by atoms with Gasteiger partial charge in [-0.15, -0.1) is 0 Å². The van der Waals surface area contributed by atoms with Crippen molar-refractivity contribution < 1.29 is 48.1 Å². The summed E-state index contributed by atoms with van der Waals surface area (Å²) in [4.78, 5) is 35.1. The normalized spacial score (nSPS) is 35.5. The van der Waals surface area contributed by atoms with E-state index in [9.17, 15) is 14.8 Å². The van der Waals surface area contributed by atoms with Crippen molar-refractivity contribution in [2.75, 3.05) is 13.2 Å². The van der Waals surface area contributed by atoms with E-state index in [1.807, 2.05) is 0 Å². The second-order valence-electron chi connectivity index (χ2n) is 4.50. The summed E-state index contributed by atoms with van der Waals surface area (Å²) in [5, 5.41) is 19.9. The van der Waals surface area contributed by atoms with Gasteiger partial charge < -0.3 is 39.0 Å². The lowest BCUT2D eigenvalue weighted by Crippen LogP contribution is -2.40. The molecule has 0 bridgehead atoms. The smallest absolute Gasteiger partial charge is 0.390 e. The molecule has 0 spiro atoms. The fourth-order valence-electron chi connectivity index (χ4n) is 1.69. The summed E-state index contributed by atoms with van der Waals surface area (Å²) in [6.07, 6.45) is 0.443. The number of aliphatic hydroxyl groups excluding tert-OH is 1. The molecule has 1 heterocycles. The summed E-state index contributed by atoms with van der Waals surface area (Å²) < 4.78 is 24.4. The van der Waals surface area contributed by atoms with E-state index in [0.717, 1.165) is 0 Å². The summed E-state index contributed by atoms with van der Waals surface area (Å²) >= 11 is 0. The Hall–Kier alpha value is 0.170. The highest BCUT2D eigenvalue weighted by molar-refractivity contribution is 7.57. The maximum absolute atomic E-state index is 10.6. The average Bonchev–Trinajstić information content (AvgIpc) is 2.48. The van der Waals surface area contributed by atoms with Crippen LogP contribution in [0.3, 0.4) is 0 Å². The van der Waals surface area contributed by atoms with Gasteiger partial charge in [0.2, 0.25) is 7.57 Å². The van der Waals surface area contributed by atoms with Crippen LogP contribution in [-0.2, 0) is 18.3 Å². The van der Waals surface area contributed by atoms with Crippen LogP contribution in [0.1, 0.15) is 6.92 Å². The van der Waals surface area contributed by atoms with Crippen LogP contribution in [0, 0.1) is 5.92 Å². The molecular weight excluding hydrogens is 318 g/mol. The molecule has 1 aliphatic rings. The maximum Gasteiger partial charge on any atom is 0.469 e. The molecular formula is C8H18O10P2. The molecule has 6 N–H and O–H groups in total. The molecule has 12 heteroatoms. The molecule has 1 fully saturated rings. The Morgan fingerprint density at radius 1 is 1.30 bits per heavy atom. The highest BCUT2D eigenvalue weighted by atomic mass is 31.2.